The van der Waals surface area contributed by atoms with Crippen LogP contribution in [0.25, 0.3) is 0 Å². The van der Waals surface area contributed by atoms with Gasteiger partial charge >= 0.3 is 0 Å². The summed E-state index contributed by atoms with van der Waals surface area (Å²) >= 11 is 0. The van der Waals surface area contributed by atoms with Gasteiger partial charge in [-0.3, -0.25) is 0 Å². The summed E-state index contributed by atoms with van der Waals surface area (Å²) in [5, 5.41) is 0. The Labute approximate surface area is 58.7 Å². The first-order valence-corrected chi connectivity index (χ1v) is 4.27. The van der Waals surface area contributed by atoms with Crippen molar-refractivity contribution >= 4 is 0 Å². The molecular weight excluding hydrogens is 108 g/mol. The minimum atomic E-state index is 0.976. The van der Waals surface area contributed by atoms with Gasteiger partial charge in [-0.1, -0.05) is 39.0 Å². The first-order valence-electron chi connectivity index (χ1n) is 4.27. The van der Waals surface area contributed by atoms with Crippen molar-refractivity contribution in [3.05, 3.63) is 6.42 Å². The topological polar surface area (TPSA) is 0 Å². The summed E-state index contributed by atoms with van der Waals surface area (Å²) in [5.74, 6) is 0.976. The molecule has 0 heteroatoms. The molecule has 1 radical (unpaired) electrons. The van der Waals surface area contributed by atoms with E-state index in [2.05, 4.69) is 13.3 Å². The van der Waals surface area contributed by atoms with Crippen LogP contribution in [0.3, 0.4) is 0 Å². The lowest BCUT2D eigenvalue weighted by atomic mass is 9.86. The summed E-state index contributed by atoms with van der Waals surface area (Å²) in [4.78, 5) is 0. The second-order valence-corrected chi connectivity index (χ2v) is 3.07. The van der Waals surface area contributed by atoms with Gasteiger partial charge in [0, 0.05) is 0 Å². The molecule has 0 aliphatic heterocycles. The van der Waals surface area contributed by atoms with E-state index >= 15 is 0 Å². The quantitative estimate of drug-likeness (QED) is 0.531. The lowest BCUT2D eigenvalue weighted by Gasteiger charge is -2.19. The summed E-state index contributed by atoms with van der Waals surface area (Å²) in [6, 6.07) is 0. The molecule has 1 unspecified atom stereocenters. The highest BCUT2D eigenvalue weighted by molar-refractivity contribution is 4.80. The summed E-state index contributed by atoms with van der Waals surface area (Å²) in [6.07, 6.45) is 11.1. The normalized spacial score (nSPS) is 22.3. The average molecular weight is 125 g/mol. The number of hydrogen-bond acceptors (Lipinski definition) is 0. The van der Waals surface area contributed by atoms with E-state index in [1.54, 1.807) is 0 Å². The molecule has 53 valence electrons. The maximum Gasteiger partial charge on any atom is -0.0355 e. The van der Waals surface area contributed by atoms with E-state index in [9.17, 15) is 0 Å². The lowest BCUT2D eigenvalue weighted by molar-refractivity contribution is 0.418. The summed E-state index contributed by atoms with van der Waals surface area (Å²) in [5.41, 5.74) is 0. The Morgan fingerprint density at radius 1 is 1.44 bits per heavy atom. The fourth-order valence-corrected chi connectivity index (χ4v) is 1.66. The van der Waals surface area contributed by atoms with Crippen molar-refractivity contribution in [2.24, 2.45) is 5.92 Å². The molecule has 0 amide bonds. The second kappa shape index (κ2) is 3.92. The molecule has 1 rings (SSSR count). The van der Waals surface area contributed by atoms with Gasteiger partial charge in [0.2, 0.25) is 0 Å². The van der Waals surface area contributed by atoms with Crippen LogP contribution in [0.2, 0.25) is 0 Å². The van der Waals surface area contributed by atoms with E-state index in [0.29, 0.717) is 0 Å². The molecule has 0 aromatic heterocycles. The Bertz CT molecular complexity index is 57.7. The van der Waals surface area contributed by atoms with Crippen LogP contribution >= 0.6 is 0 Å². The second-order valence-electron chi connectivity index (χ2n) is 3.07. The van der Waals surface area contributed by atoms with Gasteiger partial charge in [0.15, 0.2) is 0 Å². The Morgan fingerprint density at radius 2 is 2.33 bits per heavy atom. The maximum atomic E-state index is 2.52. The third-order valence-electron chi connectivity index (χ3n) is 2.19. The van der Waals surface area contributed by atoms with E-state index in [1.807, 2.05) is 0 Å². The minimum absolute atomic E-state index is 0.976. The molecule has 0 N–H and O–H groups in total. The van der Waals surface area contributed by atoms with Crippen LogP contribution in [-0.4, -0.2) is 0 Å². The monoisotopic (exact) mass is 125 g/mol. The van der Waals surface area contributed by atoms with Crippen molar-refractivity contribution in [1.29, 1.82) is 0 Å². The third kappa shape index (κ3) is 2.38. The van der Waals surface area contributed by atoms with Crippen molar-refractivity contribution < 1.29 is 0 Å². The molecule has 0 nitrogen and oxygen atoms in total. The maximum absolute atomic E-state index is 2.52. The Kier molecular flexibility index (Phi) is 3.10. The van der Waals surface area contributed by atoms with Gasteiger partial charge in [-0.05, 0) is 18.8 Å². The van der Waals surface area contributed by atoms with Crippen molar-refractivity contribution in [1.82, 2.24) is 0 Å². The number of rotatable bonds is 2. The number of hydrogen-bond donors (Lipinski definition) is 0. The highest BCUT2D eigenvalue weighted by Crippen LogP contribution is 2.25. The van der Waals surface area contributed by atoms with Gasteiger partial charge in [-0.15, -0.1) is 0 Å². The molecule has 1 aliphatic carbocycles. The van der Waals surface area contributed by atoms with Crippen molar-refractivity contribution in [2.75, 3.05) is 0 Å². The summed E-state index contributed by atoms with van der Waals surface area (Å²) < 4.78 is 0. The molecule has 0 aromatic rings. The van der Waals surface area contributed by atoms with Crippen LogP contribution < -0.4 is 0 Å². The first kappa shape index (κ1) is 7.11. The molecule has 1 saturated carbocycles. The Morgan fingerprint density at radius 3 is 2.89 bits per heavy atom. The van der Waals surface area contributed by atoms with Crippen LogP contribution in [0.4, 0.5) is 0 Å². The molecule has 1 atom stereocenters. The fraction of sp³-hybridized carbons (Fsp3) is 0.889. The zero-order chi connectivity index (χ0) is 6.53. The standard InChI is InChI=1S/C9H17/c1-2-6-9-7-4-3-5-8-9/h7,9H,2-6,8H2,1H3. The minimum Gasteiger partial charge on any atom is -0.0654 e. The average Bonchev–Trinajstić information content (AvgIpc) is 1.91. The molecular formula is C9H17. The van der Waals surface area contributed by atoms with Gasteiger partial charge in [0.25, 0.3) is 0 Å². The molecule has 0 saturated heterocycles. The molecule has 0 spiro atoms. The molecule has 1 aliphatic rings. The van der Waals surface area contributed by atoms with E-state index in [0.717, 1.165) is 5.92 Å². The van der Waals surface area contributed by atoms with Gasteiger partial charge in [-0.25, -0.2) is 0 Å². The van der Waals surface area contributed by atoms with Gasteiger partial charge < -0.3 is 0 Å². The van der Waals surface area contributed by atoms with Gasteiger partial charge in [0.1, 0.15) is 0 Å². The Hall–Kier alpha value is 0. The van der Waals surface area contributed by atoms with Gasteiger partial charge in [-0.2, -0.15) is 0 Å². The highest BCUT2D eigenvalue weighted by atomic mass is 14.2. The SMILES string of the molecule is CCCC1[CH]CCCC1. The van der Waals surface area contributed by atoms with Crippen molar-refractivity contribution in [3.8, 4) is 0 Å². The molecule has 1 fully saturated rings. The summed E-state index contributed by atoms with van der Waals surface area (Å²) in [7, 11) is 0. The largest absolute Gasteiger partial charge is 0.0654 e. The zero-order valence-electron chi connectivity index (χ0n) is 6.40. The predicted octanol–water partition coefficient (Wildman–Crippen LogP) is 3.18. The van der Waals surface area contributed by atoms with Crippen molar-refractivity contribution in [2.45, 2.75) is 45.4 Å². The van der Waals surface area contributed by atoms with Crippen LogP contribution in [-0.2, 0) is 0 Å². The van der Waals surface area contributed by atoms with Crippen LogP contribution in [0.5, 0.6) is 0 Å². The highest BCUT2D eigenvalue weighted by Gasteiger charge is 2.11. The third-order valence-corrected chi connectivity index (χ3v) is 2.19. The van der Waals surface area contributed by atoms with Crippen molar-refractivity contribution in [3.63, 3.8) is 0 Å². The van der Waals surface area contributed by atoms with E-state index in [1.165, 1.54) is 38.5 Å². The van der Waals surface area contributed by atoms with Crippen LogP contribution in [0, 0.1) is 12.3 Å². The van der Waals surface area contributed by atoms with Gasteiger partial charge in [0.05, 0.1) is 0 Å². The van der Waals surface area contributed by atoms with Crippen LogP contribution in [0.15, 0.2) is 0 Å². The molecule has 0 aromatic carbocycles. The fourth-order valence-electron chi connectivity index (χ4n) is 1.66. The molecule has 9 heavy (non-hydrogen) atoms. The molecule has 0 bridgehead atoms. The smallest absolute Gasteiger partial charge is 0.0355 e. The van der Waals surface area contributed by atoms with Crippen LogP contribution in [0.1, 0.15) is 45.4 Å². The van der Waals surface area contributed by atoms with E-state index in [4.69, 9.17) is 0 Å². The summed E-state index contributed by atoms with van der Waals surface area (Å²) in [6.45, 7) is 2.28. The molecule has 0 heterocycles. The zero-order valence-corrected chi connectivity index (χ0v) is 6.40. The lowest BCUT2D eigenvalue weighted by Crippen LogP contribution is -2.05. The van der Waals surface area contributed by atoms with E-state index in [-0.39, 0.29) is 0 Å². The first-order chi connectivity index (χ1) is 4.43. The predicted molar refractivity (Wildman–Crippen MR) is 41.2 cm³/mol. The Balaban J connectivity index is 2.08. The van der Waals surface area contributed by atoms with E-state index < -0.39 is 0 Å².